The van der Waals surface area contributed by atoms with Crippen molar-refractivity contribution >= 4 is 22.7 Å². The molecule has 118 valence electrons. The van der Waals surface area contributed by atoms with Gasteiger partial charge in [-0.15, -0.1) is 0 Å². The molecule has 0 aliphatic rings. The van der Waals surface area contributed by atoms with E-state index < -0.39 is 5.91 Å². The van der Waals surface area contributed by atoms with E-state index in [4.69, 9.17) is 10.3 Å². The quantitative estimate of drug-likeness (QED) is 0.665. The SMILES string of the molecule is CCc1cccc2[nH]c(C(=O)NCc3cc(C(N)=O)no3)cc12. The van der Waals surface area contributed by atoms with Gasteiger partial charge in [0.15, 0.2) is 11.5 Å². The molecule has 0 saturated heterocycles. The third-order valence-corrected chi connectivity index (χ3v) is 3.61. The van der Waals surface area contributed by atoms with Crippen molar-refractivity contribution in [3.63, 3.8) is 0 Å². The van der Waals surface area contributed by atoms with Gasteiger partial charge in [-0.05, 0) is 24.1 Å². The number of hydrogen-bond donors (Lipinski definition) is 3. The molecule has 7 nitrogen and oxygen atoms in total. The Labute approximate surface area is 131 Å². The van der Waals surface area contributed by atoms with Crippen molar-refractivity contribution in [2.24, 2.45) is 5.73 Å². The molecule has 1 aromatic carbocycles. The lowest BCUT2D eigenvalue weighted by Gasteiger charge is -1.99. The molecule has 4 N–H and O–H groups in total. The van der Waals surface area contributed by atoms with Gasteiger partial charge in [-0.2, -0.15) is 0 Å². The van der Waals surface area contributed by atoms with E-state index in [0.717, 1.165) is 17.3 Å². The third-order valence-electron chi connectivity index (χ3n) is 3.61. The first-order valence-electron chi connectivity index (χ1n) is 7.22. The first-order valence-corrected chi connectivity index (χ1v) is 7.22. The number of benzene rings is 1. The van der Waals surface area contributed by atoms with Gasteiger partial charge >= 0.3 is 0 Å². The van der Waals surface area contributed by atoms with Crippen LogP contribution in [0, 0.1) is 0 Å². The molecule has 2 amide bonds. The Morgan fingerprint density at radius 1 is 1.35 bits per heavy atom. The van der Waals surface area contributed by atoms with E-state index >= 15 is 0 Å². The number of H-pyrrole nitrogens is 1. The lowest BCUT2D eigenvalue weighted by Crippen LogP contribution is -2.22. The topological polar surface area (TPSA) is 114 Å². The Morgan fingerprint density at radius 3 is 2.87 bits per heavy atom. The molecular formula is C16H16N4O3. The number of carbonyl (C=O) groups excluding carboxylic acids is 2. The van der Waals surface area contributed by atoms with Crippen LogP contribution < -0.4 is 11.1 Å². The van der Waals surface area contributed by atoms with Crippen LogP contribution in [0.1, 0.15) is 39.2 Å². The molecule has 0 unspecified atom stereocenters. The van der Waals surface area contributed by atoms with Crippen molar-refractivity contribution in [3.05, 3.63) is 53.0 Å². The number of fused-ring (bicyclic) bond motifs is 1. The second-order valence-corrected chi connectivity index (χ2v) is 5.14. The number of nitrogens with one attached hydrogen (secondary N) is 2. The monoisotopic (exact) mass is 312 g/mol. The van der Waals surface area contributed by atoms with E-state index in [1.54, 1.807) is 0 Å². The average molecular weight is 312 g/mol. The van der Waals surface area contributed by atoms with Crippen LogP contribution >= 0.6 is 0 Å². The molecule has 0 fully saturated rings. The van der Waals surface area contributed by atoms with Gasteiger partial charge in [-0.25, -0.2) is 0 Å². The van der Waals surface area contributed by atoms with Crippen molar-refractivity contribution in [3.8, 4) is 0 Å². The number of rotatable bonds is 5. The molecule has 0 radical (unpaired) electrons. The van der Waals surface area contributed by atoms with Crippen molar-refractivity contribution in [1.29, 1.82) is 0 Å². The number of aromatic amines is 1. The molecule has 3 rings (SSSR count). The smallest absolute Gasteiger partial charge is 0.270 e. The maximum absolute atomic E-state index is 12.2. The fourth-order valence-corrected chi connectivity index (χ4v) is 2.42. The summed E-state index contributed by atoms with van der Waals surface area (Å²) in [4.78, 5) is 26.3. The standard InChI is InChI=1S/C16H16N4O3/c1-2-9-4-3-5-12-11(9)7-14(19-12)16(22)18-8-10-6-13(15(17)21)20-23-10/h3-7,19H,2,8H2,1H3,(H2,17,21)(H,18,22). The lowest BCUT2D eigenvalue weighted by molar-refractivity contribution is 0.0940. The molecule has 3 aromatic rings. The zero-order valence-electron chi connectivity index (χ0n) is 12.6. The van der Waals surface area contributed by atoms with E-state index in [1.165, 1.54) is 11.6 Å². The number of amides is 2. The second-order valence-electron chi connectivity index (χ2n) is 5.14. The average Bonchev–Trinajstić information content (AvgIpc) is 3.18. The van der Waals surface area contributed by atoms with Crippen molar-refractivity contribution < 1.29 is 14.1 Å². The van der Waals surface area contributed by atoms with Gasteiger partial charge in [-0.1, -0.05) is 24.2 Å². The Balaban J connectivity index is 1.74. The molecule has 7 heteroatoms. The molecule has 2 heterocycles. The Kier molecular flexibility index (Phi) is 3.84. The number of primary amides is 1. The van der Waals surface area contributed by atoms with E-state index in [0.29, 0.717) is 11.5 Å². The minimum absolute atomic E-state index is 0.0347. The molecule has 0 spiro atoms. The van der Waals surface area contributed by atoms with Crippen LogP contribution in [-0.4, -0.2) is 22.0 Å². The zero-order chi connectivity index (χ0) is 16.4. The van der Waals surface area contributed by atoms with Crippen LogP contribution in [0.4, 0.5) is 0 Å². The fraction of sp³-hybridized carbons (Fsp3) is 0.188. The molecule has 0 bridgehead atoms. The molecule has 0 aliphatic carbocycles. The normalized spacial score (nSPS) is 10.8. The van der Waals surface area contributed by atoms with Crippen LogP contribution in [0.15, 0.2) is 34.9 Å². The Bertz CT molecular complexity index is 878. The summed E-state index contributed by atoms with van der Waals surface area (Å²) in [5.74, 6) is -0.577. The maximum atomic E-state index is 12.2. The van der Waals surface area contributed by atoms with E-state index in [1.807, 2.05) is 24.3 Å². The Hall–Kier alpha value is -3.09. The van der Waals surface area contributed by atoms with Crippen LogP contribution in [0.25, 0.3) is 10.9 Å². The van der Waals surface area contributed by atoms with Gasteiger partial charge in [0.1, 0.15) is 5.69 Å². The Morgan fingerprint density at radius 2 is 2.17 bits per heavy atom. The third kappa shape index (κ3) is 2.94. The molecular weight excluding hydrogens is 296 g/mol. The highest BCUT2D eigenvalue weighted by atomic mass is 16.5. The number of nitrogens with two attached hydrogens (primary N) is 1. The molecule has 0 saturated carbocycles. The van der Waals surface area contributed by atoms with E-state index in [-0.39, 0.29) is 18.1 Å². The van der Waals surface area contributed by atoms with Gasteiger partial charge in [0.25, 0.3) is 11.8 Å². The van der Waals surface area contributed by atoms with Gasteiger partial charge in [0.05, 0.1) is 6.54 Å². The summed E-state index contributed by atoms with van der Waals surface area (Å²) in [5, 5.41) is 7.26. The van der Waals surface area contributed by atoms with Crippen LogP contribution in [-0.2, 0) is 13.0 Å². The summed E-state index contributed by atoms with van der Waals surface area (Å²) in [7, 11) is 0. The molecule has 23 heavy (non-hydrogen) atoms. The van der Waals surface area contributed by atoms with Crippen molar-refractivity contribution in [1.82, 2.24) is 15.5 Å². The molecule has 0 aliphatic heterocycles. The number of carbonyl (C=O) groups is 2. The minimum Gasteiger partial charge on any atom is -0.364 e. The maximum Gasteiger partial charge on any atom is 0.270 e. The van der Waals surface area contributed by atoms with Crippen LogP contribution in [0.3, 0.4) is 0 Å². The van der Waals surface area contributed by atoms with Crippen LogP contribution in [0.5, 0.6) is 0 Å². The number of hydrogen-bond acceptors (Lipinski definition) is 4. The lowest BCUT2D eigenvalue weighted by atomic mass is 10.1. The summed E-state index contributed by atoms with van der Waals surface area (Å²) in [6.45, 7) is 2.19. The van der Waals surface area contributed by atoms with E-state index in [2.05, 4.69) is 22.4 Å². The highest BCUT2D eigenvalue weighted by Crippen LogP contribution is 2.20. The van der Waals surface area contributed by atoms with Crippen molar-refractivity contribution in [2.75, 3.05) is 0 Å². The number of nitrogens with zero attached hydrogens (tertiary/aromatic N) is 1. The second kappa shape index (κ2) is 5.96. The molecule has 2 aromatic heterocycles. The van der Waals surface area contributed by atoms with Gasteiger partial charge in [0, 0.05) is 17.0 Å². The van der Waals surface area contributed by atoms with Crippen molar-refractivity contribution in [2.45, 2.75) is 19.9 Å². The van der Waals surface area contributed by atoms with Gasteiger partial charge in [0.2, 0.25) is 0 Å². The summed E-state index contributed by atoms with van der Waals surface area (Å²) in [5.41, 5.74) is 7.69. The largest absolute Gasteiger partial charge is 0.364 e. The first-order chi connectivity index (χ1) is 11.1. The fourth-order valence-electron chi connectivity index (χ4n) is 2.42. The van der Waals surface area contributed by atoms with Gasteiger partial charge < -0.3 is 20.6 Å². The predicted octanol–water partition coefficient (Wildman–Crippen LogP) is 1.75. The van der Waals surface area contributed by atoms with Gasteiger partial charge in [-0.3, -0.25) is 9.59 Å². The number of aromatic nitrogens is 2. The van der Waals surface area contributed by atoms with Crippen LogP contribution in [0.2, 0.25) is 0 Å². The molecule has 0 atom stereocenters. The summed E-state index contributed by atoms with van der Waals surface area (Å²) < 4.78 is 4.93. The summed E-state index contributed by atoms with van der Waals surface area (Å²) >= 11 is 0. The highest BCUT2D eigenvalue weighted by molar-refractivity contribution is 5.98. The zero-order valence-corrected chi connectivity index (χ0v) is 12.6. The predicted molar refractivity (Wildman–Crippen MR) is 83.9 cm³/mol. The van der Waals surface area contributed by atoms with E-state index in [9.17, 15) is 9.59 Å². The number of aryl methyl sites for hydroxylation is 1. The first kappa shape index (κ1) is 14.8. The summed E-state index contributed by atoms with van der Waals surface area (Å²) in [6.07, 6.45) is 0.893. The highest BCUT2D eigenvalue weighted by Gasteiger charge is 2.13. The summed E-state index contributed by atoms with van der Waals surface area (Å²) in [6, 6.07) is 9.17. The minimum atomic E-state index is -0.672.